The second-order valence-corrected chi connectivity index (χ2v) is 4.75. The molecule has 2 heterocycles. The first-order valence-corrected chi connectivity index (χ1v) is 6.21. The number of anilines is 1. The lowest BCUT2D eigenvalue weighted by Gasteiger charge is -2.14. The molecule has 3 rings (SSSR count). The zero-order valence-corrected chi connectivity index (χ0v) is 10.9. The van der Waals surface area contributed by atoms with Crippen molar-refractivity contribution in [1.82, 2.24) is 19.5 Å². The summed E-state index contributed by atoms with van der Waals surface area (Å²) < 4.78 is 1.96. The Morgan fingerprint density at radius 2 is 1.89 bits per heavy atom. The number of nitrogen functional groups attached to an aromatic ring is 1. The number of hydrogen-bond donors (Lipinski definition) is 1. The van der Waals surface area contributed by atoms with Gasteiger partial charge in [-0.1, -0.05) is 26.0 Å². The van der Waals surface area contributed by atoms with Crippen LogP contribution in [0.25, 0.3) is 16.9 Å². The van der Waals surface area contributed by atoms with E-state index in [1.807, 2.05) is 28.8 Å². The lowest BCUT2D eigenvalue weighted by molar-refractivity contribution is 0.825. The van der Waals surface area contributed by atoms with Gasteiger partial charge >= 0.3 is 0 Å². The SMILES string of the molecule is CC(C)c1c(N)ncnc1-n1cnc2ccccc21. The molecule has 96 valence electrons. The van der Waals surface area contributed by atoms with Crippen LogP contribution in [0.4, 0.5) is 5.82 Å². The Morgan fingerprint density at radius 1 is 1.11 bits per heavy atom. The number of nitrogens with zero attached hydrogens (tertiary/aromatic N) is 4. The molecule has 0 saturated heterocycles. The molecule has 0 aliphatic carbocycles. The molecule has 19 heavy (non-hydrogen) atoms. The first kappa shape index (κ1) is 11.6. The van der Waals surface area contributed by atoms with Crippen LogP contribution < -0.4 is 5.73 Å². The minimum atomic E-state index is 0.248. The third-order valence-corrected chi connectivity index (χ3v) is 3.15. The summed E-state index contributed by atoms with van der Waals surface area (Å²) in [5.74, 6) is 1.58. The highest BCUT2D eigenvalue weighted by Crippen LogP contribution is 2.27. The molecule has 5 heteroatoms. The molecule has 2 aromatic heterocycles. The summed E-state index contributed by atoms with van der Waals surface area (Å²) in [7, 11) is 0. The summed E-state index contributed by atoms with van der Waals surface area (Å²) in [4.78, 5) is 12.9. The maximum absolute atomic E-state index is 5.99. The van der Waals surface area contributed by atoms with E-state index in [-0.39, 0.29) is 5.92 Å². The number of fused-ring (bicyclic) bond motifs is 1. The maximum Gasteiger partial charge on any atom is 0.147 e. The van der Waals surface area contributed by atoms with Gasteiger partial charge in [0.05, 0.1) is 11.0 Å². The number of imidazole rings is 1. The average molecular weight is 253 g/mol. The van der Waals surface area contributed by atoms with Crippen molar-refractivity contribution in [3.05, 3.63) is 42.5 Å². The molecule has 0 fully saturated rings. The molecule has 0 aliphatic rings. The van der Waals surface area contributed by atoms with Crippen molar-refractivity contribution in [1.29, 1.82) is 0 Å². The van der Waals surface area contributed by atoms with Crippen LogP contribution in [-0.2, 0) is 0 Å². The standard InChI is InChI=1S/C14H15N5/c1-9(2)12-13(15)16-7-17-14(12)19-8-18-10-5-3-4-6-11(10)19/h3-9H,1-2H3,(H2,15,16,17). The van der Waals surface area contributed by atoms with Crippen LogP contribution in [0.3, 0.4) is 0 Å². The lowest BCUT2D eigenvalue weighted by atomic mass is 10.0. The molecule has 0 atom stereocenters. The Balaban J connectivity index is 2.30. The predicted octanol–water partition coefficient (Wildman–Crippen LogP) is 2.52. The van der Waals surface area contributed by atoms with Gasteiger partial charge < -0.3 is 5.73 Å². The van der Waals surface area contributed by atoms with E-state index in [0.717, 1.165) is 22.4 Å². The highest BCUT2D eigenvalue weighted by molar-refractivity contribution is 5.77. The Morgan fingerprint density at radius 3 is 2.68 bits per heavy atom. The Hall–Kier alpha value is -2.43. The summed E-state index contributed by atoms with van der Waals surface area (Å²) >= 11 is 0. The summed E-state index contributed by atoms with van der Waals surface area (Å²) in [5, 5.41) is 0. The normalized spacial score (nSPS) is 11.3. The maximum atomic E-state index is 5.99. The van der Waals surface area contributed by atoms with Gasteiger partial charge in [0.1, 0.15) is 24.3 Å². The van der Waals surface area contributed by atoms with Gasteiger partial charge in [-0.2, -0.15) is 0 Å². The second-order valence-electron chi connectivity index (χ2n) is 4.75. The number of benzene rings is 1. The molecule has 0 radical (unpaired) electrons. The molecule has 0 amide bonds. The molecule has 5 nitrogen and oxygen atoms in total. The lowest BCUT2D eigenvalue weighted by Crippen LogP contribution is -2.08. The summed E-state index contributed by atoms with van der Waals surface area (Å²) in [6.45, 7) is 4.16. The molecule has 0 spiro atoms. The van der Waals surface area contributed by atoms with Gasteiger partial charge in [0.15, 0.2) is 0 Å². The fraction of sp³-hybridized carbons (Fsp3) is 0.214. The highest BCUT2D eigenvalue weighted by Gasteiger charge is 2.16. The Bertz CT molecular complexity index is 730. The molecule has 0 bridgehead atoms. The predicted molar refractivity (Wildman–Crippen MR) is 75.2 cm³/mol. The zero-order valence-electron chi connectivity index (χ0n) is 10.9. The van der Waals surface area contributed by atoms with Crippen LogP contribution in [0.2, 0.25) is 0 Å². The minimum absolute atomic E-state index is 0.248. The third kappa shape index (κ3) is 1.83. The number of rotatable bonds is 2. The van der Waals surface area contributed by atoms with Gasteiger partial charge in [0.2, 0.25) is 0 Å². The minimum Gasteiger partial charge on any atom is -0.383 e. The highest BCUT2D eigenvalue weighted by atomic mass is 15.1. The van der Waals surface area contributed by atoms with Crippen molar-refractivity contribution in [3.8, 4) is 5.82 Å². The number of hydrogen-bond acceptors (Lipinski definition) is 4. The zero-order chi connectivity index (χ0) is 13.4. The van der Waals surface area contributed by atoms with Gasteiger partial charge in [0, 0.05) is 5.56 Å². The van der Waals surface area contributed by atoms with Crippen LogP contribution >= 0.6 is 0 Å². The van der Waals surface area contributed by atoms with Crippen LogP contribution in [0.5, 0.6) is 0 Å². The molecule has 1 aromatic carbocycles. The summed E-state index contributed by atoms with van der Waals surface area (Å²) in [6.07, 6.45) is 3.27. The molecule has 2 N–H and O–H groups in total. The quantitative estimate of drug-likeness (QED) is 0.761. The molecular formula is C14H15N5. The summed E-state index contributed by atoms with van der Waals surface area (Å²) in [6, 6.07) is 7.95. The van der Waals surface area contributed by atoms with E-state index in [1.54, 1.807) is 6.33 Å². The van der Waals surface area contributed by atoms with Crippen LogP contribution in [0.1, 0.15) is 25.3 Å². The summed E-state index contributed by atoms with van der Waals surface area (Å²) in [5.41, 5.74) is 8.89. The molecule has 0 saturated carbocycles. The fourth-order valence-electron chi connectivity index (χ4n) is 2.27. The van der Waals surface area contributed by atoms with Gasteiger partial charge in [-0.3, -0.25) is 4.57 Å². The molecule has 0 unspecified atom stereocenters. The van der Waals surface area contributed by atoms with Gasteiger partial charge in [-0.05, 0) is 18.1 Å². The number of nitrogens with two attached hydrogens (primary N) is 1. The molecule has 3 aromatic rings. The number of para-hydroxylation sites is 2. The van der Waals surface area contributed by atoms with Crippen molar-refractivity contribution in [2.24, 2.45) is 0 Å². The van der Waals surface area contributed by atoms with Crippen LogP contribution in [0, 0.1) is 0 Å². The monoisotopic (exact) mass is 253 g/mol. The van der Waals surface area contributed by atoms with E-state index in [0.29, 0.717) is 5.82 Å². The van der Waals surface area contributed by atoms with E-state index < -0.39 is 0 Å². The fourth-order valence-corrected chi connectivity index (χ4v) is 2.27. The largest absolute Gasteiger partial charge is 0.383 e. The van der Waals surface area contributed by atoms with Gasteiger partial charge in [-0.25, -0.2) is 15.0 Å². The van der Waals surface area contributed by atoms with E-state index in [9.17, 15) is 0 Å². The number of aromatic nitrogens is 4. The van der Waals surface area contributed by atoms with Crippen molar-refractivity contribution >= 4 is 16.9 Å². The van der Waals surface area contributed by atoms with E-state index in [2.05, 4.69) is 28.8 Å². The Labute approximate surface area is 111 Å². The van der Waals surface area contributed by atoms with E-state index in [1.165, 1.54) is 6.33 Å². The van der Waals surface area contributed by atoms with Crippen LogP contribution in [-0.4, -0.2) is 19.5 Å². The van der Waals surface area contributed by atoms with Crippen molar-refractivity contribution in [2.75, 3.05) is 5.73 Å². The smallest absolute Gasteiger partial charge is 0.147 e. The first-order valence-electron chi connectivity index (χ1n) is 6.21. The topological polar surface area (TPSA) is 69.6 Å². The van der Waals surface area contributed by atoms with Gasteiger partial charge in [0.25, 0.3) is 0 Å². The van der Waals surface area contributed by atoms with Gasteiger partial charge in [-0.15, -0.1) is 0 Å². The molecule has 0 aliphatic heterocycles. The third-order valence-electron chi connectivity index (χ3n) is 3.15. The van der Waals surface area contributed by atoms with E-state index in [4.69, 9.17) is 5.73 Å². The second kappa shape index (κ2) is 4.35. The van der Waals surface area contributed by atoms with E-state index >= 15 is 0 Å². The molecular weight excluding hydrogens is 238 g/mol. The van der Waals surface area contributed by atoms with Crippen molar-refractivity contribution in [3.63, 3.8) is 0 Å². The Kier molecular flexibility index (Phi) is 2.67. The average Bonchev–Trinajstić information content (AvgIpc) is 2.81. The van der Waals surface area contributed by atoms with Crippen molar-refractivity contribution in [2.45, 2.75) is 19.8 Å². The van der Waals surface area contributed by atoms with Crippen LogP contribution in [0.15, 0.2) is 36.9 Å². The first-order chi connectivity index (χ1) is 9.18. The van der Waals surface area contributed by atoms with Crippen molar-refractivity contribution < 1.29 is 0 Å².